The SMILES string of the molecule is OCCc1cc(-c2ccccc2)ccc1Cl. The Balaban J connectivity index is 2.40. The summed E-state index contributed by atoms with van der Waals surface area (Å²) in [7, 11) is 0. The maximum atomic E-state index is 8.95. The normalized spacial score (nSPS) is 10.4. The molecule has 0 saturated heterocycles. The molecule has 0 bridgehead atoms. The van der Waals surface area contributed by atoms with Gasteiger partial charge in [0.15, 0.2) is 0 Å². The van der Waals surface area contributed by atoms with Crippen molar-refractivity contribution in [3.05, 3.63) is 59.1 Å². The van der Waals surface area contributed by atoms with Gasteiger partial charge in [0.05, 0.1) is 0 Å². The molecule has 2 aromatic carbocycles. The van der Waals surface area contributed by atoms with Crippen LogP contribution in [0.5, 0.6) is 0 Å². The van der Waals surface area contributed by atoms with Gasteiger partial charge in [0.25, 0.3) is 0 Å². The van der Waals surface area contributed by atoms with E-state index >= 15 is 0 Å². The zero-order valence-corrected chi connectivity index (χ0v) is 9.61. The Hall–Kier alpha value is -1.31. The molecule has 1 nitrogen and oxygen atoms in total. The van der Waals surface area contributed by atoms with Crippen molar-refractivity contribution in [2.45, 2.75) is 6.42 Å². The van der Waals surface area contributed by atoms with Gasteiger partial charge >= 0.3 is 0 Å². The first-order valence-electron chi connectivity index (χ1n) is 5.26. The van der Waals surface area contributed by atoms with Crippen LogP contribution in [0, 0.1) is 0 Å². The summed E-state index contributed by atoms with van der Waals surface area (Å²) in [6.45, 7) is 0.123. The van der Waals surface area contributed by atoms with Gasteiger partial charge in [-0.15, -0.1) is 0 Å². The molecule has 0 aliphatic rings. The van der Waals surface area contributed by atoms with Gasteiger partial charge in [-0.25, -0.2) is 0 Å². The van der Waals surface area contributed by atoms with E-state index in [-0.39, 0.29) is 6.61 Å². The number of benzene rings is 2. The molecule has 0 unspecified atom stereocenters. The van der Waals surface area contributed by atoms with Gasteiger partial charge in [0, 0.05) is 11.6 Å². The smallest absolute Gasteiger partial charge is 0.0471 e. The second kappa shape index (κ2) is 5.15. The van der Waals surface area contributed by atoms with Crippen molar-refractivity contribution in [1.29, 1.82) is 0 Å². The van der Waals surface area contributed by atoms with E-state index in [2.05, 4.69) is 12.1 Å². The zero-order valence-electron chi connectivity index (χ0n) is 8.86. The van der Waals surface area contributed by atoms with E-state index in [1.165, 1.54) is 5.56 Å². The fourth-order valence-electron chi connectivity index (χ4n) is 1.70. The van der Waals surface area contributed by atoms with Crippen LogP contribution in [0.2, 0.25) is 5.02 Å². The topological polar surface area (TPSA) is 20.2 Å². The summed E-state index contributed by atoms with van der Waals surface area (Å²) >= 11 is 6.05. The molecule has 2 aromatic rings. The van der Waals surface area contributed by atoms with E-state index in [1.807, 2.05) is 36.4 Å². The zero-order chi connectivity index (χ0) is 11.4. The lowest BCUT2D eigenvalue weighted by Crippen LogP contribution is -1.92. The second-order valence-corrected chi connectivity index (χ2v) is 4.05. The first-order valence-corrected chi connectivity index (χ1v) is 5.64. The van der Waals surface area contributed by atoms with Gasteiger partial charge in [-0.05, 0) is 35.2 Å². The van der Waals surface area contributed by atoms with Crippen LogP contribution < -0.4 is 0 Å². The van der Waals surface area contributed by atoms with E-state index in [0.29, 0.717) is 11.4 Å². The highest BCUT2D eigenvalue weighted by Crippen LogP contribution is 2.25. The number of halogens is 1. The van der Waals surface area contributed by atoms with Crippen molar-refractivity contribution >= 4 is 11.6 Å². The minimum Gasteiger partial charge on any atom is -0.396 e. The molecule has 1 N–H and O–H groups in total. The molecule has 0 atom stereocenters. The minimum absolute atomic E-state index is 0.123. The quantitative estimate of drug-likeness (QED) is 0.858. The van der Waals surface area contributed by atoms with E-state index in [0.717, 1.165) is 11.1 Å². The number of hydrogen-bond acceptors (Lipinski definition) is 1. The highest BCUT2D eigenvalue weighted by Gasteiger charge is 2.03. The third kappa shape index (κ3) is 2.43. The Kier molecular flexibility index (Phi) is 3.60. The minimum atomic E-state index is 0.123. The summed E-state index contributed by atoms with van der Waals surface area (Å²) in [6.07, 6.45) is 0.597. The largest absolute Gasteiger partial charge is 0.396 e. The predicted molar refractivity (Wildman–Crippen MR) is 67.7 cm³/mol. The molecule has 0 saturated carbocycles. The van der Waals surface area contributed by atoms with Crippen molar-refractivity contribution in [3.8, 4) is 11.1 Å². The van der Waals surface area contributed by atoms with E-state index in [1.54, 1.807) is 0 Å². The molecule has 0 fully saturated rings. The molecule has 0 spiro atoms. The van der Waals surface area contributed by atoms with Gasteiger partial charge in [0.1, 0.15) is 0 Å². The fraction of sp³-hybridized carbons (Fsp3) is 0.143. The molecule has 2 rings (SSSR count). The molecule has 2 heteroatoms. The average molecular weight is 233 g/mol. The van der Waals surface area contributed by atoms with Crippen molar-refractivity contribution in [2.75, 3.05) is 6.61 Å². The van der Waals surface area contributed by atoms with Crippen molar-refractivity contribution in [2.24, 2.45) is 0 Å². The Morgan fingerprint density at radius 3 is 2.38 bits per heavy atom. The van der Waals surface area contributed by atoms with E-state index in [9.17, 15) is 0 Å². The Morgan fingerprint density at radius 1 is 0.938 bits per heavy atom. The molecule has 82 valence electrons. The first kappa shape index (κ1) is 11.2. The van der Waals surface area contributed by atoms with Gasteiger partial charge in [-0.2, -0.15) is 0 Å². The third-order valence-corrected chi connectivity index (χ3v) is 2.90. The maximum Gasteiger partial charge on any atom is 0.0471 e. The highest BCUT2D eigenvalue weighted by atomic mass is 35.5. The van der Waals surface area contributed by atoms with Crippen LogP contribution in [0.3, 0.4) is 0 Å². The molecular formula is C14H13ClO. The van der Waals surface area contributed by atoms with Gasteiger partial charge in [0.2, 0.25) is 0 Å². The molecule has 0 aromatic heterocycles. The molecule has 16 heavy (non-hydrogen) atoms. The van der Waals surface area contributed by atoms with Crippen molar-refractivity contribution in [1.82, 2.24) is 0 Å². The summed E-state index contributed by atoms with van der Waals surface area (Å²) in [6, 6.07) is 16.1. The molecular weight excluding hydrogens is 220 g/mol. The lowest BCUT2D eigenvalue weighted by Gasteiger charge is -2.06. The van der Waals surface area contributed by atoms with Crippen molar-refractivity contribution in [3.63, 3.8) is 0 Å². The van der Waals surface area contributed by atoms with E-state index < -0.39 is 0 Å². The van der Waals surface area contributed by atoms with Crippen LogP contribution in [0.1, 0.15) is 5.56 Å². The summed E-state index contributed by atoms with van der Waals surface area (Å²) in [5.41, 5.74) is 3.29. The molecule has 0 aliphatic heterocycles. The molecule has 0 heterocycles. The van der Waals surface area contributed by atoms with Crippen LogP contribution >= 0.6 is 11.6 Å². The number of hydrogen-bond donors (Lipinski definition) is 1. The Bertz CT molecular complexity index is 465. The predicted octanol–water partition coefficient (Wildman–Crippen LogP) is 3.54. The van der Waals surface area contributed by atoms with Gasteiger partial charge in [-0.3, -0.25) is 0 Å². The Morgan fingerprint density at radius 2 is 1.69 bits per heavy atom. The summed E-state index contributed by atoms with van der Waals surface area (Å²) in [4.78, 5) is 0. The summed E-state index contributed by atoms with van der Waals surface area (Å²) in [5.74, 6) is 0. The Labute approximate surface area is 100 Å². The monoisotopic (exact) mass is 232 g/mol. The highest BCUT2D eigenvalue weighted by molar-refractivity contribution is 6.31. The van der Waals surface area contributed by atoms with Crippen LogP contribution in [0.25, 0.3) is 11.1 Å². The van der Waals surface area contributed by atoms with Crippen LogP contribution in [-0.2, 0) is 6.42 Å². The standard InChI is InChI=1S/C14H13ClO/c15-14-7-6-12(10-13(14)8-9-16)11-4-2-1-3-5-11/h1-7,10,16H,8-9H2. The number of aliphatic hydroxyl groups is 1. The average Bonchev–Trinajstić information content (AvgIpc) is 2.33. The molecule has 0 aliphatic carbocycles. The molecule has 0 amide bonds. The van der Waals surface area contributed by atoms with Gasteiger partial charge in [-0.1, -0.05) is 48.0 Å². The summed E-state index contributed by atoms with van der Waals surface area (Å²) < 4.78 is 0. The second-order valence-electron chi connectivity index (χ2n) is 3.65. The number of rotatable bonds is 3. The van der Waals surface area contributed by atoms with Crippen LogP contribution in [-0.4, -0.2) is 11.7 Å². The van der Waals surface area contributed by atoms with Crippen molar-refractivity contribution < 1.29 is 5.11 Å². The lowest BCUT2D eigenvalue weighted by molar-refractivity contribution is 0.299. The summed E-state index contributed by atoms with van der Waals surface area (Å²) in [5, 5.41) is 9.66. The lowest BCUT2D eigenvalue weighted by atomic mass is 10.0. The van der Waals surface area contributed by atoms with E-state index in [4.69, 9.17) is 16.7 Å². The van der Waals surface area contributed by atoms with Gasteiger partial charge < -0.3 is 5.11 Å². The first-order chi connectivity index (χ1) is 7.81. The van der Waals surface area contributed by atoms with Crippen LogP contribution in [0.15, 0.2) is 48.5 Å². The third-order valence-electron chi connectivity index (χ3n) is 2.53. The maximum absolute atomic E-state index is 8.95. The molecule has 0 radical (unpaired) electrons. The number of aliphatic hydroxyl groups excluding tert-OH is 1. The fourth-order valence-corrected chi connectivity index (χ4v) is 1.91. The van der Waals surface area contributed by atoms with Crippen LogP contribution in [0.4, 0.5) is 0 Å².